The Bertz CT molecular complexity index is 590. The van der Waals surface area contributed by atoms with Crippen LogP contribution >= 0.6 is 0 Å². The second kappa shape index (κ2) is 7.13. The molecule has 1 heterocycles. The van der Waals surface area contributed by atoms with Gasteiger partial charge in [-0.2, -0.15) is 0 Å². The smallest absolute Gasteiger partial charge is 0.239 e. The van der Waals surface area contributed by atoms with Crippen LogP contribution in [0.3, 0.4) is 0 Å². The first-order valence-electron chi connectivity index (χ1n) is 8.09. The van der Waals surface area contributed by atoms with Crippen molar-refractivity contribution in [2.75, 3.05) is 18.5 Å². The van der Waals surface area contributed by atoms with Crippen molar-refractivity contribution in [1.29, 1.82) is 0 Å². The number of aryl methyl sites for hydroxylation is 2. The van der Waals surface area contributed by atoms with Gasteiger partial charge in [0.1, 0.15) is 5.41 Å². The van der Waals surface area contributed by atoms with Crippen molar-refractivity contribution in [1.82, 2.24) is 5.32 Å². The molecule has 1 aliphatic rings. The fourth-order valence-corrected chi connectivity index (χ4v) is 2.44. The molecule has 0 radical (unpaired) electrons. The van der Waals surface area contributed by atoms with Gasteiger partial charge in [0.25, 0.3) is 0 Å². The molecule has 5 nitrogen and oxygen atoms in total. The lowest BCUT2D eigenvalue weighted by atomic mass is 9.90. The number of anilines is 1. The maximum absolute atomic E-state index is 12.5. The van der Waals surface area contributed by atoms with Crippen LogP contribution in [0, 0.1) is 19.3 Å². The van der Waals surface area contributed by atoms with E-state index in [4.69, 9.17) is 4.74 Å². The first-order valence-corrected chi connectivity index (χ1v) is 8.09. The Labute approximate surface area is 137 Å². The number of hydrogen-bond acceptors (Lipinski definition) is 3. The van der Waals surface area contributed by atoms with Crippen LogP contribution in [0.4, 0.5) is 5.69 Å². The highest BCUT2D eigenvalue weighted by Gasteiger charge is 2.36. The lowest BCUT2D eigenvalue weighted by molar-refractivity contribution is -0.138. The van der Waals surface area contributed by atoms with E-state index < -0.39 is 5.41 Å². The summed E-state index contributed by atoms with van der Waals surface area (Å²) in [6.45, 7) is 8.48. The molecule has 2 amide bonds. The van der Waals surface area contributed by atoms with Crippen molar-refractivity contribution < 1.29 is 14.3 Å². The zero-order valence-electron chi connectivity index (χ0n) is 14.4. The van der Waals surface area contributed by atoms with Crippen LogP contribution in [-0.4, -0.2) is 31.1 Å². The van der Waals surface area contributed by atoms with Gasteiger partial charge in [0.2, 0.25) is 11.8 Å². The zero-order chi connectivity index (χ0) is 17.0. The summed E-state index contributed by atoms with van der Waals surface area (Å²) in [5, 5.41) is 5.66. The molecule has 1 unspecified atom stereocenters. The fourth-order valence-electron chi connectivity index (χ4n) is 2.44. The molecule has 1 aromatic rings. The van der Waals surface area contributed by atoms with Gasteiger partial charge in [-0.15, -0.1) is 0 Å². The summed E-state index contributed by atoms with van der Waals surface area (Å²) in [5.74, 6) is -0.597. The number of amides is 2. The molecule has 1 saturated heterocycles. The summed E-state index contributed by atoms with van der Waals surface area (Å²) in [6.07, 6.45) is 2.05. The Kier molecular flexibility index (Phi) is 5.42. The van der Waals surface area contributed by atoms with Crippen LogP contribution in [0.25, 0.3) is 0 Å². The van der Waals surface area contributed by atoms with E-state index in [1.54, 1.807) is 13.8 Å². The van der Waals surface area contributed by atoms with Crippen molar-refractivity contribution in [2.24, 2.45) is 5.41 Å². The summed E-state index contributed by atoms with van der Waals surface area (Å²) in [4.78, 5) is 24.8. The molecule has 0 aliphatic carbocycles. The van der Waals surface area contributed by atoms with E-state index in [1.807, 2.05) is 32.0 Å². The molecule has 1 fully saturated rings. The minimum Gasteiger partial charge on any atom is -0.376 e. The average molecular weight is 318 g/mol. The minimum absolute atomic E-state index is 0.0672. The number of carbonyl (C=O) groups is 2. The predicted octanol–water partition coefficient (Wildman–Crippen LogP) is 2.56. The summed E-state index contributed by atoms with van der Waals surface area (Å²) >= 11 is 0. The summed E-state index contributed by atoms with van der Waals surface area (Å²) in [5.41, 5.74) is 1.83. The van der Waals surface area contributed by atoms with Gasteiger partial charge in [0, 0.05) is 18.8 Å². The number of benzene rings is 1. The molecule has 1 aromatic carbocycles. The van der Waals surface area contributed by atoms with E-state index in [9.17, 15) is 9.59 Å². The van der Waals surface area contributed by atoms with Crippen molar-refractivity contribution in [3.05, 3.63) is 29.3 Å². The average Bonchev–Trinajstić information content (AvgIpc) is 3.01. The maximum atomic E-state index is 12.5. The number of hydrogen-bond donors (Lipinski definition) is 2. The fraction of sp³-hybridized carbons (Fsp3) is 0.556. The minimum atomic E-state index is -1.14. The van der Waals surface area contributed by atoms with Crippen LogP contribution < -0.4 is 10.6 Å². The van der Waals surface area contributed by atoms with Gasteiger partial charge < -0.3 is 15.4 Å². The highest BCUT2D eigenvalue weighted by atomic mass is 16.5. The summed E-state index contributed by atoms with van der Waals surface area (Å²) in [7, 11) is 0. The molecular formula is C18H26N2O3. The molecule has 0 saturated carbocycles. The standard InChI is InChI=1S/C18H26N2O3/c1-12-7-8-14(10-13(12)2)20-17(22)18(3,4)16(21)19-11-15-6-5-9-23-15/h7-8,10,15H,5-6,9,11H2,1-4H3,(H,19,21)(H,20,22). The summed E-state index contributed by atoms with van der Waals surface area (Å²) in [6, 6.07) is 5.71. The monoisotopic (exact) mass is 318 g/mol. The van der Waals surface area contributed by atoms with E-state index in [0.717, 1.165) is 30.6 Å². The molecule has 23 heavy (non-hydrogen) atoms. The summed E-state index contributed by atoms with van der Waals surface area (Å²) < 4.78 is 5.48. The third-order valence-corrected chi connectivity index (χ3v) is 4.41. The highest BCUT2D eigenvalue weighted by Crippen LogP contribution is 2.21. The molecule has 2 N–H and O–H groups in total. The zero-order valence-corrected chi connectivity index (χ0v) is 14.4. The van der Waals surface area contributed by atoms with Gasteiger partial charge in [0.15, 0.2) is 0 Å². The highest BCUT2D eigenvalue weighted by molar-refractivity contribution is 6.09. The SMILES string of the molecule is Cc1ccc(NC(=O)C(C)(C)C(=O)NCC2CCCO2)cc1C. The Hall–Kier alpha value is -1.88. The van der Waals surface area contributed by atoms with Crippen LogP contribution in [0.15, 0.2) is 18.2 Å². The van der Waals surface area contributed by atoms with Crippen molar-refractivity contribution in [2.45, 2.75) is 46.6 Å². The molecule has 5 heteroatoms. The number of nitrogens with one attached hydrogen (secondary N) is 2. The van der Waals surface area contributed by atoms with Crippen LogP contribution in [-0.2, 0) is 14.3 Å². The lowest BCUT2D eigenvalue weighted by Gasteiger charge is -2.23. The quantitative estimate of drug-likeness (QED) is 0.820. The molecule has 0 bridgehead atoms. The van der Waals surface area contributed by atoms with Crippen LogP contribution in [0.5, 0.6) is 0 Å². The van der Waals surface area contributed by atoms with Crippen LogP contribution in [0.2, 0.25) is 0 Å². The van der Waals surface area contributed by atoms with Gasteiger partial charge in [-0.25, -0.2) is 0 Å². The Balaban J connectivity index is 1.94. The van der Waals surface area contributed by atoms with Gasteiger partial charge in [-0.3, -0.25) is 9.59 Å². The molecular weight excluding hydrogens is 292 g/mol. The van der Waals surface area contributed by atoms with E-state index in [2.05, 4.69) is 10.6 Å². The van der Waals surface area contributed by atoms with E-state index >= 15 is 0 Å². The second-order valence-corrected chi connectivity index (χ2v) is 6.72. The van der Waals surface area contributed by atoms with Crippen molar-refractivity contribution in [3.63, 3.8) is 0 Å². The van der Waals surface area contributed by atoms with Gasteiger partial charge in [-0.1, -0.05) is 6.07 Å². The number of carbonyl (C=O) groups excluding carboxylic acids is 2. The molecule has 1 aliphatic heterocycles. The third kappa shape index (κ3) is 4.32. The molecule has 1 atom stereocenters. The second-order valence-electron chi connectivity index (χ2n) is 6.72. The van der Waals surface area contributed by atoms with Gasteiger partial charge in [0.05, 0.1) is 6.10 Å². The normalized spacial score (nSPS) is 17.8. The maximum Gasteiger partial charge on any atom is 0.239 e. The lowest BCUT2D eigenvalue weighted by Crippen LogP contribution is -2.47. The largest absolute Gasteiger partial charge is 0.376 e. The predicted molar refractivity (Wildman–Crippen MR) is 90.3 cm³/mol. The number of ether oxygens (including phenoxy) is 1. The van der Waals surface area contributed by atoms with E-state index in [1.165, 1.54) is 0 Å². The number of rotatable bonds is 5. The molecule has 126 valence electrons. The van der Waals surface area contributed by atoms with Crippen molar-refractivity contribution in [3.8, 4) is 0 Å². The topological polar surface area (TPSA) is 67.4 Å². The Morgan fingerprint density at radius 2 is 1.96 bits per heavy atom. The first kappa shape index (κ1) is 17.5. The first-order chi connectivity index (χ1) is 10.8. The van der Waals surface area contributed by atoms with Gasteiger partial charge in [-0.05, 0) is 63.8 Å². The van der Waals surface area contributed by atoms with Crippen molar-refractivity contribution >= 4 is 17.5 Å². The third-order valence-electron chi connectivity index (χ3n) is 4.41. The van der Waals surface area contributed by atoms with E-state index in [-0.39, 0.29) is 17.9 Å². The van der Waals surface area contributed by atoms with E-state index in [0.29, 0.717) is 12.2 Å². The Morgan fingerprint density at radius 3 is 2.57 bits per heavy atom. The van der Waals surface area contributed by atoms with Gasteiger partial charge >= 0.3 is 0 Å². The molecule has 2 rings (SSSR count). The Morgan fingerprint density at radius 1 is 1.22 bits per heavy atom. The van der Waals surface area contributed by atoms with Crippen LogP contribution in [0.1, 0.15) is 37.8 Å². The molecule has 0 aromatic heterocycles. The molecule has 0 spiro atoms.